The van der Waals surface area contributed by atoms with Crippen LogP contribution in [0.4, 0.5) is 0 Å². The van der Waals surface area contributed by atoms with Crippen molar-refractivity contribution in [1.29, 1.82) is 0 Å². The topological polar surface area (TPSA) is 52.7 Å². The first-order valence-electron chi connectivity index (χ1n) is 8.12. The van der Waals surface area contributed by atoms with Crippen LogP contribution in [0.2, 0.25) is 0 Å². The zero-order valence-corrected chi connectivity index (χ0v) is 14.3. The standard InChI is InChI=1S/C18H21N3O2S/c22-17(15-5-2-1-3-6-15)19-8-9-20-10-12-21(13-11-20)18(23)16-7-4-14-24-16/h1-7,14H,8-13H2,(H,19,22). The van der Waals surface area contributed by atoms with Crippen molar-refractivity contribution in [3.63, 3.8) is 0 Å². The molecule has 0 spiro atoms. The zero-order chi connectivity index (χ0) is 16.8. The monoisotopic (exact) mass is 343 g/mol. The Morgan fingerprint density at radius 1 is 1.00 bits per heavy atom. The Hall–Kier alpha value is -2.18. The van der Waals surface area contributed by atoms with Gasteiger partial charge >= 0.3 is 0 Å². The number of amides is 2. The van der Waals surface area contributed by atoms with Gasteiger partial charge in [0.15, 0.2) is 0 Å². The molecule has 1 aliphatic heterocycles. The summed E-state index contributed by atoms with van der Waals surface area (Å²) < 4.78 is 0. The van der Waals surface area contributed by atoms with E-state index in [1.165, 1.54) is 11.3 Å². The zero-order valence-electron chi connectivity index (χ0n) is 13.5. The molecule has 1 N–H and O–H groups in total. The molecule has 1 saturated heterocycles. The third kappa shape index (κ3) is 4.21. The van der Waals surface area contributed by atoms with Crippen LogP contribution < -0.4 is 5.32 Å². The van der Waals surface area contributed by atoms with Gasteiger partial charge in [0, 0.05) is 44.8 Å². The molecule has 126 valence electrons. The number of nitrogens with zero attached hydrogens (tertiary/aromatic N) is 2. The predicted molar refractivity (Wildman–Crippen MR) is 95.4 cm³/mol. The van der Waals surface area contributed by atoms with E-state index in [0.717, 1.165) is 37.6 Å². The average molecular weight is 343 g/mol. The number of thiophene rings is 1. The molecule has 1 aromatic heterocycles. The summed E-state index contributed by atoms with van der Waals surface area (Å²) in [6.45, 7) is 4.59. The number of carbonyl (C=O) groups is 2. The normalized spacial score (nSPS) is 15.2. The second-order valence-corrected chi connectivity index (χ2v) is 6.68. The molecular weight excluding hydrogens is 322 g/mol. The molecule has 0 aliphatic carbocycles. The lowest BCUT2D eigenvalue weighted by Crippen LogP contribution is -2.50. The van der Waals surface area contributed by atoms with Crippen LogP contribution in [0.3, 0.4) is 0 Å². The molecule has 1 aliphatic rings. The van der Waals surface area contributed by atoms with Crippen LogP contribution >= 0.6 is 11.3 Å². The minimum Gasteiger partial charge on any atom is -0.351 e. The molecule has 0 atom stereocenters. The van der Waals surface area contributed by atoms with Crippen molar-refractivity contribution >= 4 is 23.2 Å². The van der Waals surface area contributed by atoms with Gasteiger partial charge in [0.25, 0.3) is 11.8 Å². The van der Waals surface area contributed by atoms with E-state index in [4.69, 9.17) is 0 Å². The molecule has 1 fully saturated rings. The fourth-order valence-corrected chi connectivity index (χ4v) is 3.44. The first kappa shape index (κ1) is 16.7. The highest BCUT2D eigenvalue weighted by atomic mass is 32.1. The van der Waals surface area contributed by atoms with Gasteiger partial charge in [-0.05, 0) is 23.6 Å². The van der Waals surface area contributed by atoms with Crippen molar-refractivity contribution in [3.8, 4) is 0 Å². The first-order chi connectivity index (χ1) is 11.7. The summed E-state index contributed by atoms with van der Waals surface area (Å²) in [7, 11) is 0. The van der Waals surface area contributed by atoms with Crippen LogP contribution in [0, 0.1) is 0 Å². The highest BCUT2D eigenvalue weighted by Gasteiger charge is 2.22. The van der Waals surface area contributed by atoms with Gasteiger partial charge < -0.3 is 10.2 Å². The van der Waals surface area contributed by atoms with E-state index in [1.807, 2.05) is 52.7 Å². The maximum Gasteiger partial charge on any atom is 0.264 e. The SMILES string of the molecule is O=C(NCCN1CCN(C(=O)c2cccs2)CC1)c1ccccc1. The van der Waals surface area contributed by atoms with Gasteiger partial charge in [0.05, 0.1) is 4.88 Å². The largest absolute Gasteiger partial charge is 0.351 e. The van der Waals surface area contributed by atoms with Crippen molar-refractivity contribution in [2.24, 2.45) is 0 Å². The highest BCUT2D eigenvalue weighted by Crippen LogP contribution is 2.13. The fourth-order valence-electron chi connectivity index (χ4n) is 2.75. The molecular formula is C18H21N3O2S. The smallest absolute Gasteiger partial charge is 0.264 e. The van der Waals surface area contributed by atoms with Crippen LogP contribution in [0.25, 0.3) is 0 Å². The quantitative estimate of drug-likeness (QED) is 0.903. The molecule has 5 nitrogen and oxygen atoms in total. The Bertz CT molecular complexity index is 665. The Morgan fingerprint density at radius 3 is 2.42 bits per heavy atom. The second kappa shape index (κ2) is 8.08. The van der Waals surface area contributed by atoms with Gasteiger partial charge in [-0.1, -0.05) is 24.3 Å². The molecule has 1 aromatic carbocycles. The Labute approximate surface area is 145 Å². The van der Waals surface area contributed by atoms with Crippen LogP contribution in [-0.4, -0.2) is 60.9 Å². The number of hydrogen-bond donors (Lipinski definition) is 1. The molecule has 2 aromatic rings. The molecule has 0 radical (unpaired) electrons. The number of hydrogen-bond acceptors (Lipinski definition) is 4. The van der Waals surface area contributed by atoms with Gasteiger partial charge in [0.2, 0.25) is 0 Å². The molecule has 2 heterocycles. The number of benzene rings is 1. The van der Waals surface area contributed by atoms with E-state index in [1.54, 1.807) is 0 Å². The van der Waals surface area contributed by atoms with Crippen LogP contribution in [0.5, 0.6) is 0 Å². The molecule has 0 saturated carbocycles. The maximum absolute atomic E-state index is 12.3. The number of piperazine rings is 1. The molecule has 2 amide bonds. The van der Waals surface area contributed by atoms with Crippen LogP contribution in [0.15, 0.2) is 47.8 Å². The van der Waals surface area contributed by atoms with Crippen LogP contribution in [-0.2, 0) is 0 Å². The van der Waals surface area contributed by atoms with Crippen molar-refractivity contribution in [2.45, 2.75) is 0 Å². The molecule has 6 heteroatoms. The van der Waals surface area contributed by atoms with E-state index in [2.05, 4.69) is 10.2 Å². The summed E-state index contributed by atoms with van der Waals surface area (Å²) >= 11 is 1.49. The minimum absolute atomic E-state index is 0.0397. The van der Waals surface area contributed by atoms with Crippen molar-refractivity contribution in [2.75, 3.05) is 39.3 Å². The van der Waals surface area contributed by atoms with Gasteiger partial charge in [-0.2, -0.15) is 0 Å². The Kier molecular flexibility index (Phi) is 5.61. The molecule has 0 bridgehead atoms. The van der Waals surface area contributed by atoms with E-state index < -0.39 is 0 Å². The Balaban J connectivity index is 1.38. The van der Waals surface area contributed by atoms with Gasteiger partial charge in [0.1, 0.15) is 0 Å². The van der Waals surface area contributed by atoms with Gasteiger partial charge in [-0.3, -0.25) is 14.5 Å². The maximum atomic E-state index is 12.3. The third-order valence-corrected chi connectivity index (χ3v) is 5.00. The number of nitrogens with one attached hydrogen (secondary N) is 1. The highest BCUT2D eigenvalue weighted by molar-refractivity contribution is 7.12. The summed E-state index contributed by atoms with van der Waals surface area (Å²) in [6.07, 6.45) is 0. The number of rotatable bonds is 5. The first-order valence-corrected chi connectivity index (χ1v) is 9.00. The van der Waals surface area contributed by atoms with E-state index in [-0.39, 0.29) is 11.8 Å². The lowest BCUT2D eigenvalue weighted by molar-refractivity contribution is 0.0643. The molecule has 24 heavy (non-hydrogen) atoms. The van der Waals surface area contributed by atoms with E-state index in [9.17, 15) is 9.59 Å². The molecule has 3 rings (SSSR count). The summed E-state index contributed by atoms with van der Waals surface area (Å²) in [5.74, 6) is 0.0872. The summed E-state index contributed by atoms with van der Waals surface area (Å²) in [4.78, 5) is 29.3. The summed E-state index contributed by atoms with van der Waals surface area (Å²) in [5.41, 5.74) is 0.684. The van der Waals surface area contributed by atoms with Crippen molar-refractivity contribution in [1.82, 2.24) is 15.1 Å². The van der Waals surface area contributed by atoms with Crippen LogP contribution in [0.1, 0.15) is 20.0 Å². The van der Waals surface area contributed by atoms with Gasteiger partial charge in [-0.15, -0.1) is 11.3 Å². The van der Waals surface area contributed by atoms with E-state index in [0.29, 0.717) is 12.1 Å². The predicted octanol–water partition coefficient (Wildman–Crippen LogP) is 1.94. The van der Waals surface area contributed by atoms with Crippen molar-refractivity contribution in [3.05, 3.63) is 58.3 Å². The lowest BCUT2D eigenvalue weighted by Gasteiger charge is -2.34. The second-order valence-electron chi connectivity index (χ2n) is 5.73. The van der Waals surface area contributed by atoms with Gasteiger partial charge in [-0.25, -0.2) is 0 Å². The average Bonchev–Trinajstić information content (AvgIpc) is 3.17. The third-order valence-electron chi connectivity index (χ3n) is 4.14. The minimum atomic E-state index is -0.0397. The fraction of sp³-hybridized carbons (Fsp3) is 0.333. The van der Waals surface area contributed by atoms with E-state index >= 15 is 0 Å². The lowest BCUT2D eigenvalue weighted by atomic mass is 10.2. The Morgan fingerprint density at radius 2 is 1.75 bits per heavy atom. The summed E-state index contributed by atoms with van der Waals surface area (Å²) in [5, 5.41) is 4.87. The van der Waals surface area contributed by atoms with Crippen molar-refractivity contribution < 1.29 is 9.59 Å². The summed E-state index contributed by atoms with van der Waals surface area (Å²) in [6, 6.07) is 13.0. The number of carbonyl (C=O) groups excluding carboxylic acids is 2. The molecule has 0 unspecified atom stereocenters.